The van der Waals surface area contributed by atoms with Crippen molar-refractivity contribution >= 4 is 21.8 Å². The van der Waals surface area contributed by atoms with E-state index in [9.17, 15) is 18.0 Å². The predicted octanol–water partition coefficient (Wildman–Crippen LogP) is 3.87. The molecule has 0 radical (unpaired) electrons. The number of carbonyl (C=O) groups is 2. The molecule has 9 heteroatoms. The lowest BCUT2D eigenvalue weighted by Gasteiger charge is -2.32. The van der Waals surface area contributed by atoms with Crippen molar-refractivity contribution in [3.8, 4) is 5.75 Å². The first-order valence-corrected chi connectivity index (χ1v) is 14.5. The van der Waals surface area contributed by atoms with Gasteiger partial charge < -0.3 is 15.0 Å². The summed E-state index contributed by atoms with van der Waals surface area (Å²) >= 11 is 0. The Morgan fingerprint density at radius 2 is 1.56 bits per heavy atom. The lowest BCUT2D eigenvalue weighted by atomic mass is 10.0. The topological polar surface area (TPSA) is 96.0 Å². The van der Waals surface area contributed by atoms with Gasteiger partial charge in [0.15, 0.2) is 0 Å². The first kappa shape index (κ1) is 29.9. The maximum atomic E-state index is 13.7. The Hall–Kier alpha value is -3.69. The number of benzene rings is 3. The van der Waals surface area contributed by atoms with Crippen molar-refractivity contribution in [2.75, 3.05) is 27.2 Å². The van der Waals surface area contributed by atoms with Crippen molar-refractivity contribution in [1.29, 1.82) is 0 Å². The average molecular weight is 552 g/mol. The molecule has 0 saturated carbocycles. The SMILES string of the molecule is CCNC(=O)C(Cc1ccccc1)N(Cc1cccc(OC)c1)C(=O)CCCN(C)S(=O)(=O)c1ccccc1. The molecule has 1 N–H and O–H groups in total. The van der Waals surface area contributed by atoms with Crippen molar-refractivity contribution in [2.45, 2.75) is 43.7 Å². The van der Waals surface area contributed by atoms with E-state index in [-0.39, 0.29) is 36.2 Å². The van der Waals surface area contributed by atoms with E-state index in [0.29, 0.717) is 25.1 Å². The van der Waals surface area contributed by atoms with Gasteiger partial charge in [0.25, 0.3) is 0 Å². The number of rotatable bonds is 14. The summed E-state index contributed by atoms with van der Waals surface area (Å²) < 4.78 is 32.4. The zero-order valence-corrected chi connectivity index (χ0v) is 23.6. The summed E-state index contributed by atoms with van der Waals surface area (Å²) in [7, 11) is -0.575. The molecule has 3 aromatic rings. The number of ether oxygens (including phenoxy) is 1. The van der Waals surface area contributed by atoms with Crippen molar-refractivity contribution in [1.82, 2.24) is 14.5 Å². The minimum Gasteiger partial charge on any atom is -0.497 e. The number of amides is 2. The molecule has 1 atom stereocenters. The minimum atomic E-state index is -3.66. The molecule has 208 valence electrons. The van der Waals surface area contributed by atoms with Crippen molar-refractivity contribution < 1.29 is 22.7 Å². The van der Waals surface area contributed by atoms with Gasteiger partial charge in [0.1, 0.15) is 11.8 Å². The quantitative estimate of drug-likeness (QED) is 0.328. The normalized spacial score (nSPS) is 12.1. The number of likely N-dealkylation sites (N-methyl/N-ethyl adjacent to an activating group) is 1. The first-order valence-electron chi connectivity index (χ1n) is 13.0. The molecule has 3 aromatic carbocycles. The molecular weight excluding hydrogens is 514 g/mol. The van der Waals surface area contributed by atoms with Gasteiger partial charge in [-0.3, -0.25) is 9.59 Å². The van der Waals surface area contributed by atoms with Crippen LogP contribution < -0.4 is 10.1 Å². The monoisotopic (exact) mass is 551 g/mol. The Morgan fingerprint density at radius 3 is 2.21 bits per heavy atom. The van der Waals surface area contributed by atoms with Gasteiger partial charge in [-0.05, 0) is 48.7 Å². The second kappa shape index (κ2) is 14.5. The molecule has 2 amide bonds. The highest BCUT2D eigenvalue weighted by Gasteiger charge is 2.30. The van der Waals surface area contributed by atoms with Crippen LogP contribution in [-0.4, -0.2) is 62.7 Å². The van der Waals surface area contributed by atoms with Crippen LogP contribution in [0, 0.1) is 0 Å². The van der Waals surface area contributed by atoms with Crippen LogP contribution in [0.15, 0.2) is 89.8 Å². The highest BCUT2D eigenvalue weighted by molar-refractivity contribution is 7.89. The number of methoxy groups -OCH3 is 1. The van der Waals surface area contributed by atoms with E-state index in [0.717, 1.165) is 11.1 Å². The lowest BCUT2D eigenvalue weighted by Crippen LogP contribution is -2.50. The smallest absolute Gasteiger partial charge is 0.243 e. The van der Waals surface area contributed by atoms with Crippen LogP contribution in [-0.2, 0) is 32.6 Å². The van der Waals surface area contributed by atoms with Gasteiger partial charge in [-0.1, -0.05) is 60.7 Å². The van der Waals surface area contributed by atoms with Crippen molar-refractivity contribution in [2.24, 2.45) is 0 Å². The van der Waals surface area contributed by atoms with E-state index < -0.39 is 16.1 Å². The van der Waals surface area contributed by atoms with Crippen molar-refractivity contribution in [3.63, 3.8) is 0 Å². The van der Waals surface area contributed by atoms with Gasteiger partial charge in [0, 0.05) is 39.5 Å². The summed E-state index contributed by atoms with van der Waals surface area (Å²) in [6, 6.07) is 24.5. The van der Waals surface area contributed by atoms with Gasteiger partial charge in [-0.15, -0.1) is 0 Å². The molecule has 0 spiro atoms. The standard InChI is InChI=1S/C30H37N3O5S/c1-4-31-30(35)28(22-24-13-7-5-8-14-24)33(23-25-15-11-16-26(21-25)38-3)29(34)19-12-20-32(2)39(36,37)27-17-9-6-10-18-27/h5-11,13-18,21,28H,4,12,19-20,22-23H2,1-3H3,(H,31,35). The summed E-state index contributed by atoms with van der Waals surface area (Å²) in [4.78, 5) is 28.8. The lowest BCUT2D eigenvalue weighted by molar-refractivity contribution is -0.141. The van der Waals surface area contributed by atoms with E-state index >= 15 is 0 Å². The Bertz CT molecular complexity index is 1320. The number of hydrogen-bond donors (Lipinski definition) is 1. The van der Waals surface area contributed by atoms with Crippen LogP contribution in [0.4, 0.5) is 0 Å². The third kappa shape index (κ3) is 8.40. The zero-order chi connectivity index (χ0) is 28.3. The number of nitrogens with one attached hydrogen (secondary N) is 1. The molecular formula is C30H37N3O5S. The van der Waals surface area contributed by atoms with Gasteiger partial charge in [0.2, 0.25) is 21.8 Å². The number of carbonyl (C=O) groups excluding carboxylic acids is 2. The predicted molar refractivity (Wildman–Crippen MR) is 152 cm³/mol. The van der Waals surface area contributed by atoms with E-state index in [1.807, 2.05) is 61.5 Å². The number of hydrogen-bond acceptors (Lipinski definition) is 5. The van der Waals surface area contributed by atoms with Crippen LogP contribution in [0.2, 0.25) is 0 Å². The Morgan fingerprint density at radius 1 is 0.923 bits per heavy atom. The minimum absolute atomic E-state index is 0.0866. The third-order valence-corrected chi connectivity index (χ3v) is 8.30. The molecule has 1 unspecified atom stereocenters. The number of nitrogens with zero attached hydrogens (tertiary/aromatic N) is 2. The molecule has 0 aliphatic carbocycles. The van der Waals surface area contributed by atoms with Gasteiger partial charge in [-0.25, -0.2) is 12.7 Å². The molecule has 0 heterocycles. The molecule has 0 fully saturated rings. The Balaban J connectivity index is 1.82. The van der Waals surface area contributed by atoms with Gasteiger partial charge in [0.05, 0.1) is 12.0 Å². The highest BCUT2D eigenvalue weighted by Crippen LogP contribution is 2.20. The fourth-order valence-corrected chi connectivity index (χ4v) is 5.53. The fourth-order valence-electron chi connectivity index (χ4n) is 4.30. The second-order valence-corrected chi connectivity index (χ2v) is 11.3. The molecule has 0 aliphatic rings. The molecule has 0 saturated heterocycles. The molecule has 0 aromatic heterocycles. The second-order valence-electron chi connectivity index (χ2n) is 9.22. The summed E-state index contributed by atoms with van der Waals surface area (Å²) in [5.74, 6) is 0.196. The first-order chi connectivity index (χ1) is 18.8. The maximum absolute atomic E-state index is 13.7. The summed E-state index contributed by atoms with van der Waals surface area (Å²) in [5.41, 5.74) is 1.76. The van der Waals surface area contributed by atoms with Gasteiger partial charge in [-0.2, -0.15) is 0 Å². The zero-order valence-electron chi connectivity index (χ0n) is 22.7. The van der Waals surface area contributed by atoms with Gasteiger partial charge >= 0.3 is 0 Å². The Labute approximate surface area is 231 Å². The van der Waals surface area contributed by atoms with Crippen LogP contribution in [0.1, 0.15) is 30.9 Å². The fraction of sp³-hybridized carbons (Fsp3) is 0.333. The van der Waals surface area contributed by atoms with Crippen LogP contribution in [0.5, 0.6) is 5.75 Å². The highest BCUT2D eigenvalue weighted by atomic mass is 32.2. The van der Waals surface area contributed by atoms with Crippen LogP contribution >= 0.6 is 0 Å². The summed E-state index contributed by atoms with van der Waals surface area (Å²) in [6.07, 6.45) is 0.747. The summed E-state index contributed by atoms with van der Waals surface area (Å²) in [6.45, 7) is 2.66. The largest absolute Gasteiger partial charge is 0.497 e. The summed E-state index contributed by atoms with van der Waals surface area (Å²) in [5, 5.41) is 2.88. The molecule has 0 aliphatic heterocycles. The van der Waals surface area contributed by atoms with Crippen LogP contribution in [0.3, 0.4) is 0 Å². The van der Waals surface area contributed by atoms with Crippen LogP contribution in [0.25, 0.3) is 0 Å². The van der Waals surface area contributed by atoms with Crippen molar-refractivity contribution in [3.05, 3.63) is 96.1 Å². The molecule has 8 nitrogen and oxygen atoms in total. The van der Waals surface area contributed by atoms with E-state index in [4.69, 9.17) is 4.74 Å². The third-order valence-electron chi connectivity index (χ3n) is 6.42. The number of sulfonamides is 1. The maximum Gasteiger partial charge on any atom is 0.243 e. The average Bonchev–Trinajstić information content (AvgIpc) is 2.96. The van der Waals surface area contributed by atoms with E-state index in [1.165, 1.54) is 11.4 Å². The Kier molecular flexibility index (Phi) is 11.1. The molecule has 0 bridgehead atoms. The molecule has 39 heavy (non-hydrogen) atoms. The molecule has 3 rings (SSSR count). The van der Waals surface area contributed by atoms with E-state index in [2.05, 4.69) is 5.32 Å². The van der Waals surface area contributed by atoms with E-state index in [1.54, 1.807) is 42.3 Å².